The number of carbonyl (C=O) groups is 1. The third-order valence-corrected chi connectivity index (χ3v) is 3.51. The van der Waals surface area contributed by atoms with E-state index in [1.807, 2.05) is 24.3 Å². The van der Waals surface area contributed by atoms with Gasteiger partial charge in [-0.3, -0.25) is 9.69 Å². The maximum absolute atomic E-state index is 11.9. The maximum atomic E-state index is 11.9. The lowest BCUT2D eigenvalue weighted by atomic mass is 10.1. The molecular formula is C13H18BrN3O. The molecule has 3 N–H and O–H groups in total. The smallest absolute Gasteiger partial charge is 0.238 e. The van der Waals surface area contributed by atoms with E-state index in [4.69, 9.17) is 5.73 Å². The summed E-state index contributed by atoms with van der Waals surface area (Å²) < 4.78 is 0.959. The number of anilines is 1. The fourth-order valence-corrected chi connectivity index (χ4v) is 2.60. The van der Waals surface area contributed by atoms with Crippen molar-refractivity contribution in [3.05, 3.63) is 28.7 Å². The minimum atomic E-state index is 0.0159. The van der Waals surface area contributed by atoms with Gasteiger partial charge in [0.1, 0.15) is 0 Å². The van der Waals surface area contributed by atoms with Gasteiger partial charge in [0.2, 0.25) is 5.91 Å². The Morgan fingerprint density at radius 3 is 3.11 bits per heavy atom. The van der Waals surface area contributed by atoms with Gasteiger partial charge >= 0.3 is 0 Å². The second-order valence-corrected chi connectivity index (χ2v) is 5.61. The molecule has 1 aromatic rings. The van der Waals surface area contributed by atoms with Crippen LogP contribution in [0, 0.1) is 0 Å². The van der Waals surface area contributed by atoms with Crippen molar-refractivity contribution in [1.82, 2.24) is 4.90 Å². The van der Waals surface area contributed by atoms with Crippen LogP contribution in [0.2, 0.25) is 0 Å². The second-order valence-electron chi connectivity index (χ2n) is 4.70. The van der Waals surface area contributed by atoms with Gasteiger partial charge in [0.25, 0.3) is 0 Å². The number of hydrogen-bond acceptors (Lipinski definition) is 3. The van der Waals surface area contributed by atoms with Crippen LogP contribution < -0.4 is 11.1 Å². The number of nitrogens with one attached hydrogen (secondary N) is 1. The summed E-state index contributed by atoms with van der Waals surface area (Å²) in [6, 6.07) is 7.80. The molecule has 0 bridgehead atoms. The first-order chi connectivity index (χ1) is 8.63. The number of hydrogen-bond donors (Lipinski definition) is 2. The van der Waals surface area contributed by atoms with E-state index in [1.165, 1.54) is 0 Å². The molecule has 1 aliphatic heterocycles. The number of likely N-dealkylation sites (tertiary alicyclic amines) is 1. The Morgan fingerprint density at radius 1 is 1.56 bits per heavy atom. The van der Waals surface area contributed by atoms with Crippen LogP contribution in [0.25, 0.3) is 0 Å². The number of rotatable bonds is 3. The fourth-order valence-electron chi connectivity index (χ4n) is 2.20. The van der Waals surface area contributed by atoms with Crippen LogP contribution >= 0.6 is 15.9 Å². The topological polar surface area (TPSA) is 58.4 Å². The van der Waals surface area contributed by atoms with Crippen LogP contribution in [0.4, 0.5) is 5.69 Å². The number of halogens is 1. The van der Waals surface area contributed by atoms with E-state index in [2.05, 4.69) is 26.1 Å². The Kier molecular flexibility index (Phi) is 4.74. The molecule has 5 heteroatoms. The lowest BCUT2D eigenvalue weighted by molar-refractivity contribution is -0.117. The molecule has 2 rings (SSSR count). The van der Waals surface area contributed by atoms with Crippen LogP contribution in [0.3, 0.4) is 0 Å². The van der Waals surface area contributed by atoms with E-state index in [0.717, 1.165) is 36.1 Å². The van der Waals surface area contributed by atoms with Gasteiger partial charge in [0.05, 0.1) is 6.54 Å². The highest BCUT2D eigenvalue weighted by Crippen LogP contribution is 2.15. The molecule has 0 radical (unpaired) electrons. The van der Waals surface area contributed by atoms with E-state index < -0.39 is 0 Å². The van der Waals surface area contributed by atoms with Crippen LogP contribution in [0.15, 0.2) is 28.7 Å². The quantitative estimate of drug-likeness (QED) is 0.895. The molecule has 0 saturated carbocycles. The van der Waals surface area contributed by atoms with Gasteiger partial charge in [0.15, 0.2) is 0 Å². The number of nitrogens with two attached hydrogens (primary N) is 1. The monoisotopic (exact) mass is 311 g/mol. The molecule has 1 atom stereocenters. The Balaban J connectivity index is 1.85. The summed E-state index contributed by atoms with van der Waals surface area (Å²) >= 11 is 3.38. The SMILES string of the molecule is NC1CCCN(CC(=O)Nc2cccc(Br)c2)C1. The van der Waals surface area contributed by atoms with Crippen molar-refractivity contribution in [2.75, 3.05) is 25.0 Å². The zero-order chi connectivity index (χ0) is 13.0. The van der Waals surface area contributed by atoms with E-state index in [9.17, 15) is 4.79 Å². The molecule has 1 fully saturated rings. The Labute approximate surface area is 116 Å². The maximum Gasteiger partial charge on any atom is 0.238 e. The average molecular weight is 312 g/mol. The molecule has 0 aromatic heterocycles. The van der Waals surface area contributed by atoms with Crippen molar-refractivity contribution in [3.8, 4) is 0 Å². The summed E-state index contributed by atoms with van der Waals surface area (Å²) in [5.74, 6) is 0.0159. The second kappa shape index (κ2) is 6.31. The van der Waals surface area contributed by atoms with Crippen molar-refractivity contribution in [1.29, 1.82) is 0 Å². The molecular weight excluding hydrogens is 294 g/mol. The highest BCUT2D eigenvalue weighted by molar-refractivity contribution is 9.10. The first-order valence-corrected chi connectivity index (χ1v) is 6.96. The first kappa shape index (κ1) is 13.5. The van der Waals surface area contributed by atoms with Gasteiger partial charge in [-0.05, 0) is 37.6 Å². The van der Waals surface area contributed by atoms with E-state index in [1.54, 1.807) is 0 Å². The Bertz CT molecular complexity index is 424. The summed E-state index contributed by atoms with van der Waals surface area (Å²) in [6.07, 6.45) is 2.13. The van der Waals surface area contributed by atoms with Crippen molar-refractivity contribution < 1.29 is 4.79 Å². The van der Waals surface area contributed by atoms with Crippen LogP contribution in [-0.4, -0.2) is 36.5 Å². The standard InChI is InChI=1S/C13H18BrN3O/c14-10-3-1-5-12(7-10)16-13(18)9-17-6-2-4-11(15)8-17/h1,3,5,7,11H,2,4,6,8-9,15H2,(H,16,18). The molecule has 1 aromatic carbocycles. The molecule has 1 heterocycles. The molecule has 0 spiro atoms. The number of benzene rings is 1. The predicted octanol–water partition coefficient (Wildman–Crippen LogP) is 1.81. The largest absolute Gasteiger partial charge is 0.327 e. The summed E-state index contributed by atoms with van der Waals surface area (Å²) in [4.78, 5) is 14.0. The molecule has 4 nitrogen and oxygen atoms in total. The molecule has 18 heavy (non-hydrogen) atoms. The number of nitrogens with zero attached hydrogens (tertiary/aromatic N) is 1. The summed E-state index contributed by atoms with van der Waals surface area (Å²) in [5.41, 5.74) is 6.71. The van der Waals surface area contributed by atoms with Gasteiger partial charge in [-0.1, -0.05) is 22.0 Å². The lowest BCUT2D eigenvalue weighted by Gasteiger charge is -2.29. The third kappa shape index (κ3) is 4.08. The van der Waals surface area contributed by atoms with Crippen LogP contribution in [-0.2, 0) is 4.79 Å². The summed E-state index contributed by atoms with van der Waals surface area (Å²) in [7, 11) is 0. The highest BCUT2D eigenvalue weighted by Gasteiger charge is 2.18. The minimum Gasteiger partial charge on any atom is -0.327 e. The van der Waals surface area contributed by atoms with Crippen molar-refractivity contribution in [3.63, 3.8) is 0 Å². The van der Waals surface area contributed by atoms with Crippen molar-refractivity contribution >= 4 is 27.5 Å². The molecule has 98 valence electrons. The predicted molar refractivity (Wildman–Crippen MR) is 76.4 cm³/mol. The number of amides is 1. The van der Waals surface area contributed by atoms with Crippen molar-refractivity contribution in [2.24, 2.45) is 5.73 Å². The third-order valence-electron chi connectivity index (χ3n) is 3.02. The van der Waals surface area contributed by atoms with Gasteiger partial charge in [-0.2, -0.15) is 0 Å². The van der Waals surface area contributed by atoms with Gasteiger partial charge in [-0.15, -0.1) is 0 Å². The Morgan fingerprint density at radius 2 is 2.39 bits per heavy atom. The zero-order valence-corrected chi connectivity index (χ0v) is 11.8. The number of piperidine rings is 1. The highest BCUT2D eigenvalue weighted by atomic mass is 79.9. The van der Waals surface area contributed by atoms with E-state index in [-0.39, 0.29) is 11.9 Å². The summed E-state index contributed by atoms with van der Waals surface area (Å²) in [6.45, 7) is 2.19. The first-order valence-electron chi connectivity index (χ1n) is 6.17. The van der Waals surface area contributed by atoms with E-state index in [0.29, 0.717) is 6.54 Å². The normalized spacial score (nSPS) is 20.7. The van der Waals surface area contributed by atoms with Gasteiger partial charge in [-0.25, -0.2) is 0 Å². The zero-order valence-electron chi connectivity index (χ0n) is 10.2. The molecule has 1 aliphatic rings. The number of carbonyl (C=O) groups excluding carboxylic acids is 1. The van der Waals surface area contributed by atoms with E-state index >= 15 is 0 Å². The van der Waals surface area contributed by atoms with Gasteiger partial charge < -0.3 is 11.1 Å². The summed E-state index contributed by atoms with van der Waals surface area (Å²) in [5, 5.41) is 2.89. The van der Waals surface area contributed by atoms with Gasteiger partial charge in [0, 0.05) is 22.7 Å². The fraction of sp³-hybridized carbons (Fsp3) is 0.462. The minimum absolute atomic E-state index is 0.0159. The molecule has 1 unspecified atom stereocenters. The van der Waals surface area contributed by atoms with Crippen LogP contribution in [0.5, 0.6) is 0 Å². The van der Waals surface area contributed by atoms with Crippen molar-refractivity contribution in [2.45, 2.75) is 18.9 Å². The molecule has 0 aliphatic carbocycles. The molecule has 1 saturated heterocycles. The Hall–Kier alpha value is -0.910. The average Bonchev–Trinajstić information content (AvgIpc) is 2.28. The lowest BCUT2D eigenvalue weighted by Crippen LogP contribution is -2.45. The van der Waals surface area contributed by atoms with Crippen LogP contribution in [0.1, 0.15) is 12.8 Å². The molecule has 1 amide bonds.